The highest BCUT2D eigenvalue weighted by molar-refractivity contribution is 5.42. The lowest BCUT2D eigenvalue weighted by atomic mass is 10.0. The Labute approximate surface area is 130 Å². The van der Waals surface area contributed by atoms with E-state index in [-0.39, 0.29) is 0 Å². The Morgan fingerprint density at radius 1 is 1.27 bits per heavy atom. The molecule has 22 heavy (non-hydrogen) atoms. The predicted molar refractivity (Wildman–Crippen MR) is 87.7 cm³/mol. The SMILES string of the molecule is C=CCN(CC=C)[C@@H](CNc1ccc2nnnn2n1)C(C)C. The van der Waals surface area contributed by atoms with Crippen molar-refractivity contribution in [2.24, 2.45) is 5.92 Å². The number of fused-ring (bicyclic) bond motifs is 1. The van der Waals surface area contributed by atoms with Gasteiger partial charge in [-0.2, -0.15) is 0 Å². The van der Waals surface area contributed by atoms with E-state index in [0.717, 1.165) is 25.5 Å². The van der Waals surface area contributed by atoms with E-state index in [1.807, 2.05) is 24.3 Å². The molecule has 0 bridgehead atoms. The molecule has 0 amide bonds. The van der Waals surface area contributed by atoms with Crippen LogP contribution in [0.3, 0.4) is 0 Å². The van der Waals surface area contributed by atoms with Crippen LogP contribution in [0.5, 0.6) is 0 Å². The highest BCUT2D eigenvalue weighted by Gasteiger charge is 2.20. The predicted octanol–water partition coefficient (Wildman–Crippen LogP) is 1.63. The lowest BCUT2D eigenvalue weighted by Crippen LogP contribution is -2.44. The van der Waals surface area contributed by atoms with E-state index in [0.29, 0.717) is 17.6 Å². The molecule has 1 N–H and O–H groups in total. The van der Waals surface area contributed by atoms with Crippen molar-refractivity contribution in [2.75, 3.05) is 25.0 Å². The summed E-state index contributed by atoms with van der Waals surface area (Å²) in [5, 5.41) is 18.9. The molecule has 0 saturated heterocycles. The van der Waals surface area contributed by atoms with Crippen LogP contribution >= 0.6 is 0 Å². The molecular formula is C15H23N7. The molecule has 0 aromatic carbocycles. The van der Waals surface area contributed by atoms with Crippen LogP contribution in [0.25, 0.3) is 5.65 Å². The summed E-state index contributed by atoms with van der Waals surface area (Å²) < 4.78 is 1.41. The number of nitrogens with one attached hydrogen (secondary N) is 1. The van der Waals surface area contributed by atoms with Crippen LogP contribution in [0.4, 0.5) is 5.82 Å². The van der Waals surface area contributed by atoms with Gasteiger partial charge in [-0.3, -0.25) is 4.90 Å². The maximum atomic E-state index is 4.33. The number of rotatable bonds is 9. The number of hydrogen-bond donors (Lipinski definition) is 1. The molecule has 118 valence electrons. The fourth-order valence-corrected chi connectivity index (χ4v) is 2.42. The average Bonchev–Trinajstić information content (AvgIpc) is 2.95. The molecule has 0 spiro atoms. The Morgan fingerprint density at radius 3 is 2.64 bits per heavy atom. The van der Waals surface area contributed by atoms with Crippen LogP contribution in [-0.4, -0.2) is 55.8 Å². The van der Waals surface area contributed by atoms with E-state index >= 15 is 0 Å². The first-order chi connectivity index (χ1) is 10.7. The van der Waals surface area contributed by atoms with Crippen molar-refractivity contribution in [2.45, 2.75) is 19.9 Å². The third kappa shape index (κ3) is 3.88. The Morgan fingerprint density at radius 2 is 2.00 bits per heavy atom. The molecule has 7 heteroatoms. The molecule has 2 heterocycles. The van der Waals surface area contributed by atoms with Gasteiger partial charge in [0.1, 0.15) is 5.82 Å². The third-order valence-corrected chi connectivity index (χ3v) is 3.53. The van der Waals surface area contributed by atoms with E-state index in [2.05, 4.69) is 57.8 Å². The maximum absolute atomic E-state index is 4.33. The first kappa shape index (κ1) is 16.1. The third-order valence-electron chi connectivity index (χ3n) is 3.53. The van der Waals surface area contributed by atoms with Crippen LogP contribution in [0.1, 0.15) is 13.8 Å². The summed E-state index contributed by atoms with van der Waals surface area (Å²) >= 11 is 0. The normalized spacial score (nSPS) is 12.7. The first-order valence-electron chi connectivity index (χ1n) is 7.40. The molecule has 7 nitrogen and oxygen atoms in total. The van der Waals surface area contributed by atoms with Crippen molar-refractivity contribution in [3.63, 3.8) is 0 Å². The van der Waals surface area contributed by atoms with Gasteiger partial charge in [-0.25, -0.2) is 0 Å². The second-order valence-electron chi connectivity index (χ2n) is 5.47. The van der Waals surface area contributed by atoms with Crippen molar-refractivity contribution >= 4 is 11.5 Å². The van der Waals surface area contributed by atoms with E-state index in [9.17, 15) is 0 Å². The summed E-state index contributed by atoms with van der Waals surface area (Å²) in [7, 11) is 0. The minimum Gasteiger partial charge on any atom is -0.367 e. The van der Waals surface area contributed by atoms with Crippen molar-refractivity contribution < 1.29 is 0 Å². The van der Waals surface area contributed by atoms with Crippen LogP contribution in [0.15, 0.2) is 37.4 Å². The quantitative estimate of drug-likeness (QED) is 0.710. The average molecular weight is 301 g/mol. The van der Waals surface area contributed by atoms with E-state index in [1.54, 1.807) is 0 Å². The molecule has 2 rings (SSSR count). The molecule has 0 aliphatic carbocycles. The van der Waals surface area contributed by atoms with E-state index in [1.165, 1.54) is 4.63 Å². The van der Waals surface area contributed by atoms with Crippen LogP contribution in [0.2, 0.25) is 0 Å². The number of nitrogens with zero attached hydrogens (tertiary/aromatic N) is 6. The molecule has 0 aliphatic rings. The monoisotopic (exact) mass is 301 g/mol. The Kier molecular flexibility index (Phi) is 5.60. The standard InChI is InChI=1S/C15H23N7/c1-5-9-21(10-6-2)13(12(3)4)11-16-14-7-8-15-17-19-20-22(15)18-14/h5-8,12-13H,1-2,9-11H2,3-4H3,(H,16,18)/t13-/m0/s1. The van der Waals surface area contributed by atoms with Gasteiger partial charge in [0.15, 0.2) is 5.65 Å². The summed E-state index contributed by atoms with van der Waals surface area (Å²) in [6.45, 7) is 14.5. The van der Waals surface area contributed by atoms with Crippen LogP contribution < -0.4 is 5.32 Å². The maximum Gasteiger partial charge on any atom is 0.200 e. The molecule has 0 aliphatic heterocycles. The minimum atomic E-state index is 0.349. The van der Waals surface area contributed by atoms with Crippen molar-refractivity contribution in [3.05, 3.63) is 37.4 Å². The topological polar surface area (TPSA) is 71.2 Å². The number of aromatic nitrogens is 5. The summed E-state index contributed by atoms with van der Waals surface area (Å²) in [6.07, 6.45) is 3.84. The minimum absolute atomic E-state index is 0.349. The molecule has 0 radical (unpaired) electrons. The molecule has 0 unspecified atom stereocenters. The zero-order valence-electron chi connectivity index (χ0n) is 13.2. The molecule has 0 saturated carbocycles. The van der Waals surface area contributed by atoms with Crippen molar-refractivity contribution in [3.8, 4) is 0 Å². The second-order valence-corrected chi connectivity index (χ2v) is 5.47. The number of tetrazole rings is 1. The summed E-state index contributed by atoms with van der Waals surface area (Å²) in [5.41, 5.74) is 0.630. The molecule has 2 aromatic heterocycles. The zero-order valence-corrected chi connectivity index (χ0v) is 13.2. The Bertz CT molecular complexity index is 609. The van der Waals surface area contributed by atoms with Gasteiger partial charge in [0.25, 0.3) is 0 Å². The fourth-order valence-electron chi connectivity index (χ4n) is 2.42. The number of anilines is 1. The molecule has 0 fully saturated rings. The van der Waals surface area contributed by atoms with Gasteiger partial charge in [-0.05, 0) is 28.5 Å². The number of hydrogen-bond acceptors (Lipinski definition) is 6. The van der Waals surface area contributed by atoms with Gasteiger partial charge in [-0.1, -0.05) is 26.0 Å². The fraction of sp³-hybridized carbons (Fsp3) is 0.467. The first-order valence-corrected chi connectivity index (χ1v) is 7.40. The summed E-state index contributed by atoms with van der Waals surface area (Å²) in [6, 6.07) is 4.07. The summed E-state index contributed by atoms with van der Waals surface area (Å²) in [5.74, 6) is 1.24. The Balaban J connectivity index is 2.06. The van der Waals surface area contributed by atoms with Crippen LogP contribution in [0, 0.1) is 5.92 Å². The second kappa shape index (κ2) is 7.65. The van der Waals surface area contributed by atoms with E-state index < -0.39 is 0 Å². The Hall–Kier alpha value is -2.28. The van der Waals surface area contributed by atoms with E-state index in [4.69, 9.17) is 0 Å². The highest BCUT2D eigenvalue weighted by Crippen LogP contribution is 2.13. The zero-order chi connectivity index (χ0) is 15.9. The van der Waals surface area contributed by atoms with Crippen LogP contribution in [-0.2, 0) is 0 Å². The lowest BCUT2D eigenvalue weighted by Gasteiger charge is -2.33. The molecular weight excluding hydrogens is 278 g/mol. The largest absolute Gasteiger partial charge is 0.367 e. The van der Waals surface area contributed by atoms with Crippen molar-refractivity contribution in [1.29, 1.82) is 0 Å². The molecule has 2 aromatic rings. The highest BCUT2D eigenvalue weighted by atomic mass is 15.6. The van der Waals surface area contributed by atoms with Gasteiger partial charge in [0.05, 0.1) is 0 Å². The van der Waals surface area contributed by atoms with Crippen molar-refractivity contribution in [1.82, 2.24) is 30.2 Å². The van der Waals surface area contributed by atoms with Gasteiger partial charge < -0.3 is 5.32 Å². The van der Waals surface area contributed by atoms with Gasteiger partial charge >= 0.3 is 0 Å². The lowest BCUT2D eigenvalue weighted by molar-refractivity contribution is 0.199. The molecule has 1 atom stereocenters. The smallest absolute Gasteiger partial charge is 0.200 e. The van der Waals surface area contributed by atoms with Gasteiger partial charge in [0.2, 0.25) is 0 Å². The van der Waals surface area contributed by atoms with Gasteiger partial charge in [-0.15, -0.1) is 28.0 Å². The van der Waals surface area contributed by atoms with Gasteiger partial charge in [0, 0.05) is 25.7 Å². The summed E-state index contributed by atoms with van der Waals surface area (Å²) in [4.78, 5) is 2.34.